The molecule has 1 aliphatic carbocycles. The Hall–Kier alpha value is -2.45. The highest BCUT2D eigenvalue weighted by molar-refractivity contribution is 5.41. The summed E-state index contributed by atoms with van der Waals surface area (Å²) < 4.78 is 8.19. The van der Waals surface area contributed by atoms with E-state index in [1.807, 2.05) is 18.7 Å². The van der Waals surface area contributed by atoms with Crippen LogP contribution in [0.2, 0.25) is 0 Å². The van der Waals surface area contributed by atoms with E-state index in [0.717, 1.165) is 49.6 Å². The van der Waals surface area contributed by atoms with Crippen LogP contribution >= 0.6 is 0 Å². The van der Waals surface area contributed by atoms with Crippen molar-refractivity contribution in [3.63, 3.8) is 0 Å². The molecule has 4 atom stereocenters. The second kappa shape index (κ2) is 7.76. The molecule has 0 aromatic carbocycles. The number of imidazole rings is 1. The lowest BCUT2D eigenvalue weighted by atomic mass is 9.83. The van der Waals surface area contributed by atoms with Crippen molar-refractivity contribution in [3.8, 4) is 0 Å². The average Bonchev–Trinajstić information content (AvgIpc) is 3.47. The van der Waals surface area contributed by atoms with Gasteiger partial charge in [-0.3, -0.25) is 5.43 Å². The highest BCUT2D eigenvalue weighted by atomic mass is 16.5. The zero-order valence-electron chi connectivity index (χ0n) is 17.0. The number of rotatable bonds is 5. The molecule has 5 rings (SSSR count). The number of fused-ring (bicyclic) bond motifs is 1. The summed E-state index contributed by atoms with van der Waals surface area (Å²) in [6.45, 7) is 6.11. The van der Waals surface area contributed by atoms with Crippen LogP contribution in [0.25, 0.3) is 0 Å². The van der Waals surface area contributed by atoms with Crippen molar-refractivity contribution in [1.82, 2.24) is 30.4 Å². The molecule has 2 aliphatic heterocycles. The van der Waals surface area contributed by atoms with Gasteiger partial charge in [-0.15, -0.1) is 0 Å². The van der Waals surface area contributed by atoms with E-state index in [1.54, 1.807) is 6.33 Å². The molecule has 8 heteroatoms. The topological polar surface area (TPSA) is 80.1 Å². The Morgan fingerprint density at radius 2 is 2.17 bits per heavy atom. The lowest BCUT2D eigenvalue weighted by Crippen LogP contribution is -2.33. The number of anilines is 1. The molecule has 8 nitrogen and oxygen atoms in total. The van der Waals surface area contributed by atoms with Gasteiger partial charge in [-0.25, -0.2) is 20.4 Å². The van der Waals surface area contributed by atoms with E-state index >= 15 is 0 Å². The maximum Gasteiger partial charge on any atom is 0.132 e. The van der Waals surface area contributed by atoms with Crippen LogP contribution in [-0.4, -0.2) is 44.8 Å². The summed E-state index contributed by atoms with van der Waals surface area (Å²) in [5, 5.41) is 0. The van der Waals surface area contributed by atoms with Gasteiger partial charge < -0.3 is 14.2 Å². The molecule has 1 unspecified atom stereocenters. The molecule has 0 bridgehead atoms. The third-order valence-electron chi connectivity index (χ3n) is 6.22. The van der Waals surface area contributed by atoms with E-state index in [2.05, 4.69) is 61.3 Å². The average molecular weight is 396 g/mol. The van der Waals surface area contributed by atoms with Crippen LogP contribution in [0.15, 0.2) is 42.9 Å². The Bertz CT molecular complexity index is 866. The van der Waals surface area contributed by atoms with Gasteiger partial charge in [0, 0.05) is 49.9 Å². The summed E-state index contributed by atoms with van der Waals surface area (Å²) in [6, 6.07) is 3.17. The molecular weight excluding hydrogens is 366 g/mol. The Morgan fingerprint density at radius 3 is 3.00 bits per heavy atom. The number of nitrogens with zero attached hydrogens (tertiary/aromatic N) is 5. The van der Waals surface area contributed by atoms with E-state index in [1.165, 1.54) is 0 Å². The standard InChI is InChI=1S/C21H29N7O/c1-14(2)29-16-3-4-18-17(9-16)21(26-25-18)19-10-20(24-12-23-19)27-7-5-15(11-27)28-8-6-22-13-28/h3,6,8,10,12-15,17-18,21,25-26H,4-5,7,9,11H2,1-2H3/t15?,17-,18+,21+/m0/s1. The first-order valence-corrected chi connectivity index (χ1v) is 10.6. The lowest BCUT2D eigenvalue weighted by molar-refractivity contribution is 0.122. The minimum Gasteiger partial charge on any atom is -0.496 e. The Kier molecular flexibility index (Phi) is 4.97. The molecule has 4 heterocycles. The first-order chi connectivity index (χ1) is 14.2. The second-order valence-corrected chi connectivity index (χ2v) is 8.51. The van der Waals surface area contributed by atoms with Gasteiger partial charge in [-0.05, 0) is 32.8 Å². The van der Waals surface area contributed by atoms with Crippen molar-refractivity contribution in [3.05, 3.63) is 48.6 Å². The van der Waals surface area contributed by atoms with Gasteiger partial charge in [0.05, 0.1) is 36.0 Å². The van der Waals surface area contributed by atoms with Crippen molar-refractivity contribution < 1.29 is 4.74 Å². The van der Waals surface area contributed by atoms with Crippen molar-refractivity contribution in [2.75, 3.05) is 18.0 Å². The highest BCUT2D eigenvalue weighted by Gasteiger charge is 2.40. The zero-order chi connectivity index (χ0) is 19.8. The fraction of sp³-hybridized carbons (Fsp3) is 0.571. The predicted molar refractivity (Wildman–Crippen MR) is 110 cm³/mol. The van der Waals surface area contributed by atoms with E-state index in [4.69, 9.17) is 4.74 Å². The van der Waals surface area contributed by atoms with Crippen molar-refractivity contribution in [1.29, 1.82) is 0 Å². The number of allylic oxidation sites excluding steroid dienone is 1. The molecule has 0 amide bonds. The van der Waals surface area contributed by atoms with Crippen LogP contribution in [0.3, 0.4) is 0 Å². The monoisotopic (exact) mass is 395 g/mol. The quantitative estimate of drug-likeness (QED) is 0.804. The molecule has 3 aliphatic rings. The van der Waals surface area contributed by atoms with Gasteiger partial charge in [-0.1, -0.05) is 0 Å². The van der Waals surface area contributed by atoms with Crippen LogP contribution in [0.1, 0.15) is 50.9 Å². The van der Waals surface area contributed by atoms with E-state index in [-0.39, 0.29) is 12.1 Å². The lowest BCUT2D eigenvalue weighted by Gasteiger charge is -2.28. The molecule has 2 aromatic heterocycles. The molecule has 2 saturated heterocycles. The molecule has 0 spiro atoms. The number of hydrogen-bond donors (Lipinski definition) is 2. The Labute approximate surface area is 171 Å². The van der Waals surface area contributed by atoms with E-state index in [9.17, 15) is 0 Å². The molecule has 2 N–H and O–H groups in total. The van der Waals surface area contributed by atoms with Gasteiger partial charge in [0.2, 0.25) is 0 Å². The second-order valence-electron chi connectivity index (χ2n) is 8.51. The first-order valence-electron chi connectivity index (χ1n) is 10.6. The van der Waals surface area contributed by atoms with Crippen LogP contribution in [0.5, 0.6) is 0 Å². The number of nitrogens with one attached hydrogen (secondary N) is 2. The van der Waals surface area contributed by atoms with Crippen molar-refractivity contribution in [2.24, 2.45) is 5.92 Å². The molecule has 2 aromatic rings. The third kappa shape index (κ3) is 3.74. The van der Waals surface area contributed by atoms with Gasteiger partial charge in [-0.2, -0.15) is 0 Å². The fourth-order valence-electron chi connectivity index (χ4n) is 4.79. The van der Waals surface area contributed by atoms with Crippen molar-refractivity contribution >= 4 is 5.82 Å². The minimum atomic E-state index is 0.160. The first kappa shape index (κ1) is 18.6. The smallest absolute Gasteiger partial charge is 0.132 e. The number of aromatic nitrogens is 4. The summed E-state index contributed by atoms with van der Waals surface area (Å²) >= 11 is 0. The van der Waals surface area contributed by atoms with Crippen molar-refractivity contribution in [2.45, 2.75) is 57.3 Å². The van der Waals surface area contributed by atoms with Crippen LogP contribution in [0, 0.1) is 5.92 Å². The Morgan fingerprint density at radius 1 is 1.24 bits per heavy atom. The number of ether oxygens (including phenoxy) is 1. The summed E-state index contributed by atoms with van der Waals surface area (Å²) in [7, 11) is 0. The van der Waals surface area contributed by atoms with Crippen LogP contribution < -0.4 is 15.8 Å². The van der Waals surface area contributed by atoms with Gasteiger partial charge in [0.25, 0.3) is 0 Å². The van der Waals surface area contributed by atoms with Gasteiger partial charge in [0.1, 0.15) is 12.1 Å². The minimum absolute atomic E-state index is 0.160. The predicted octanol–water partition coefficient (Wildman–Crippen LogP) is 2.36. The Balaban J connectivity index is 1.31. The summed E-state index contributed by atoms with van der Waals surface area (Å²) in [4.78, 5) is 15.7. The maximum atomic E-state index is 5.99. The molecule has 0 radical (unpaired) electrons. The fourth-order valence-corrected chi connectivity index (χ4v) is 4.79. The largest absolute Gasteiger partial charge is 0.496 e. The normalized spacial score (nSPS) is 29.2. The molecule has 154 valence electrons. The van der Waals surface area contributed by atoms with E-state index in [0.29, 0.717) is 18.0 Å². The number of hydrogen-bond acceptors (Lipinski definition) is 7. The molecular formula is C21H29N7O. The molecule has 2 fully saturated rings. The highest BCUT2D eigenvalue weighted by Crippen LogP contribution is 2.38. The molecule has 0 saturated carbocycles. The summed E-state index contributed by atoms with van der Waals surface area (Å²) in [5.74, 6) is 2.54. The zero-order valence-corrected chi connectivity index (χ0v) is 17.0. The summed E-state index contributed by atoms with van der Waals surface area (Å²) in [5.41, 5.74) is 7.99. The summed E-state index contributed by atoms with van der Waals surface area (Å²) in [6.07, 6.45) is 12.9. The van der Waals surface area contributed by atoms with Crippen LogP contribution in [-0.2, 0) is 4.74 Å². The van der Waals surface area contributed by atoms with Gasteiger partial charge in [0.15, 0.2) is 0 Å². The van der Waals surface area contributed by atoms with Crippen LogP contribution in [0.4, 0.5) is 5.82 Å². The van der Waals surface area contributed by atoms with Gasteiger partial charge >= 0.3 is 0 Å². The number of hydrazine groups is 1. The van der Waals surface area contributed by atoms with E-state index < -0.39 is 0 Å². The SMILES string of the molecule is CC(C)OC1=CC[C@H]2NN[C@@H](c3cc(N4CCC(n5ccnc5)C4)ncn3)[C@H]2C1. The third-order valence-corrected chi connectivity index (χ3v) is 6.22. The maximum absolute atomic E-state index is 5.99. The molecule has 29 heavy (non-hydrogen) atoms.